The molecular formula is C27H27N3O2. The Balaban J connectivity index is 1.38. The van der Waals surface area contributed by atoms with Crippen LogP contribution in [0.25, 0.3) is 0 Å². The molecule has 1 N–H and O–H groups in total. The van der Waals surface area contributed by atoms with Crippen LogP contribution < -0.4 is 14.8 Å². The molecule has 0 saturated heterocycles. The zero-order valence-electron chi connectivity index (χ0n) is 18.4. The first kappa shape index (κ1) is 20.3. The van der Waals surface area contributed by atoms with Gasteiger partial charge in [-0.25, -0.2) is 4.99 Å². The van der Waals surface area contributed by atoms with Gasteiger partial charge >= 0.3 is 0 Å². The van der Waals surface area contributed by atoms with Crippen molar-refractivity contribution in [1.29, 1.82) is 0 Å². The highest BCUT2D eigenvalue weighted by atomic mass is 16.5. The lowest BCUT2D eigenvalue weighted by Gasteiger charge is -2.34. The van der Waals surface area contributed by atoms with Gasteiger partial charge in [0.25, 0.3) is 0 Å². The third-order valence-corrected chi connectivity index (χ3v) is 6.31. The maximum Gasteiger partial charge on any atom is 0.218 e. The van der Waals surface area contributed by atoms with Crippen LogP contribution in [0.4, 0.5) is 0 Å². The number of hydrogen-bond donors (Lipinski definition) is 1. The maximum atomic E-state index is 5.41. The van der Waals surface area contributed by atoms with Gasteiger partial charge in [0.05, 0.1) is 26.5 Å². The fraction of sp³-hybridized carbons (Fsp3) is 0.259. The fourth-order valence-electron chi connectivity index (χ4n) is 4.70. The second-order valence-corrected chi connectivity index (χ2v) is 8.19. The molecule has 5 rings (SSSR count). The minimum absolute atomic E-state index is 0.335. The van der Waals surface area contributed by atoms with E-state index in [9.17, 15) is 0 Å². The Bertz CT molecular complexity index is 1170. The molecule has 0 amide bonds. The first-order chi connectivity index (χ1) is 15.8. The number of nitrogens with one attached hydrogen (secondary N) is 1. The van der Waals surface area contributed by atoms with Gasteiger partial charge in [0.15, 0.2) is 11.5 Å². The van der Waals surface area contributed by atoms with Crippen molar-refractivity contribution in [3.05, 3.63) is 95.1 Å². The number of nitrogens with zero attached hydrogens (tertiary/aromatic N) is 2. The van der Waals surface area contributed by atoms with Crippen molar-refractivity contribution in [2.45, 2.75) is 18.9 Å². The molecule has 1 heterocycles. The largest absolute Gasteiger partial charge is 0.493 e. The summed E-state index contributed by atoms with van der Waals surface area (Å²) in [7, 11) is 3.29. The summed E-state index contributed by atoms with van der Waals surface area (Å²) in [6.45, 7) is 1.37. The van der Waals surface area contributed by atoms with Gasteiger partial charge in [0.1, 0.15) is 0 Å². The summed E-state index contributed by atoms with van der Waals surface area (Å²) in [4.78, 5) is 9.73. The molecular weight excluding hydrogens is 398 g/mol. The van der Waals surface area contributed by atoms with Crippen molar-refractivity contribution in [2.75, 3.05) is 20.8 Å². The molecule has 0 radical (unpaired) electrons. The van der Waals surface area contributed by atoms with Crippen LogP contribution in [0.3, 0.4) is 0 Å². The van der Waals surface area contributed by atoms with Gasteiger partial charge in [-0.1, -0.05) is 60.7 Å². The Morgan fingerprint density at radius 2 is 1.69 bits per heavy atom. The summed E-state index contributed by atoms with van der Waals surface area (Å²) in [6.07, 6.45) is 1.03. The normalized spacial score (nSPS) is 19.2. The van der Waals surface area contributed by atoms with E-state index in [1.54, 1.807) is 14.2 Å². The van der Waals surface area contributed by atoms with Crippen molar-refractivity contribution in [3.63, 3.8) is 0 Å². The molecule has 32 heavy (non-hydrogen) atoms. The van der Waals surface area contributed by atoms with E-state index in [-0.39, 0.29) is 0 Å². The summed E-state index contributed by atoms with van der Waals surface area (Å²) < 4.78 is 10.7. The van der Waals surface area contributed by atoms with Gasteiger partial charge in [-0.2, -0.15) is 0 Å². The van der Waals surface area contributed by atoms with Crippen molar-refractivity contribution >= 4 is 11.7 Å². The fourth-order valence-corrected chi connectivity index (χ4v) is 4.70. The van der Waals surface area contributed by atoms with E-state index >= 15 is 0 Å². The highest BCUT2D eigenvalue weighted by Gasteiger charge is 2.34. The van der Waals surface area contributed by atoms with Gasteiger partial charge in [0.2, 0.25) is 5.96 Å². The van der Waals surface area contributed by atoms with E-state index in [1.807, 2.05) is 18.2 Å². The third kappa shape index (κ3) is 3.86. The third-order valence-electron chi connectivity index (χ3n) is 6.31. The molecule has 3 aromatic rings. The molecule has 0 spiro atoms. The molecule has 1 aliphatic carbocycles. The van der Waals surface area contributed by atoms with Crippen LogP contribution in [-0.4, -0.2) is 32.4 Å². The molecule has 3 aromatic carbocycles. The van der Waals surface area contributed by atoms with Crippen LogP contribution in [0.2, 0.25) is 0 Å². The van der Waals surface area contributed by atoms with Crippen LogP contribution in [0.15, 0.2) is 82.8 Å². The molecule has 1 aliphatic heterocycles. The highest BCUT2D eigenvalue weighted by Crippen LogP contribution is 2.40. The zero-order valence-corrected chi connectivity index (χ0v) is 18.4. The number of ether oxygens (including phenoxy) is 2. The number of rotatable bonds is 5. The first-order valence-electron chi connectivity index (χ1n) is 11.0. The van der Waals surface area contributed by atoms with E-state index in [0.29, 0.717) is 24.3 Å². The monoisotopic (exact) mass is 425 g/mol. The number of methoxy groups -OCH3 is 2. The zero-order chi connectivity index (χ0) is 21.9. The number of guanidine groups is 1. The van der Waals surface area contributed by atoms with Gasteiger partial charge < -0.3 is 14.8 Å². The second-order valence-electron chi connectivity index (χ2n) is 8.19. The van der Waals surface area contributed by atoms with Gasteiger partial charge in [0, 0.05) is 23.9 Å². The predicted molar refractivity (Wildman–Crippen MR) is 128 cm³/mol. The van der Waals surface area contributed by atoms with Crippen molar-refractivity contribution in [2.24, 2.45) is 15.9 Å². The molecule has 5 heteroatoms. The molecule has 0 bridgehead atoms. The molecule has 0 saturated carbocycles. The topological polar surface area (TPSA) is 55.2 Å². The number of benzene rings is 3. The Kier molecular flexibility index (Phi) is 5.63. The average molecular weight is 426 g/mol. The SMILES string of the molecule is COc1ccc(CNC2=NCC3CC(c4ccccc4)c4ccccc4C3=N2)cc1OC. The quantitative estimate of drug-likeness (QED) is 0.639. The number of aliphatic imine (C=N–C) groups is 2. The molecule has 2 unspecified atom stereocenters. The van der Waals surface area contributed by atoms with Gasteiger partial charge in [-0.15, -0.1) is 0 Å². The van der Waals surface area contributed by atoms with Crippen molar-refractivity contribution < 1.29 is 9.47 Å². The Morgan fingerprint density at radius 3 is 2.50 bits per heavy atom. The van der Waals surface area contributed by atoms with E-state index in [2.05, 4.69) is 59.9 Å². The minimum atomic E-state index is 0.335. The van der Waals surface area contributed by atoms with E-state index < -0.39 is 0 Å². The van der Waals surface area contributed by atoms with Crippen LogP contribution in [0.1, 0.15) is 34.6 Å². The summed E-state index contributed by atoms with van der Waals surface area (Å²) in [5.74, 6) is 2.85. The first-order valence-corrected chi connectivity index (χ1v) is 11.0. The lowest BCUT2D eigenvalue weighted by Crippen LogP contribution is -2.35. The highest BCUT2D eigenvalue weighted by molar-refractivity contribution is 6.11. The van der Waals surface area contributed by atoms with Crippen LogP contribution in [0.5, 0.6) is 11.5 Å². The smallest absolute Gasteiger partial charge is 0.218 e. The second kappa shape index (κ2) is 8.87. The molecule has 2 atom stereocenters. The molecule has 162 valence electrons. The summed E-state index contributed by atoms with van der Waals surface area (Å²) in [5, 5.41) is 3.40. The van der Waals surface area contributed by atoms with Crippen LogP contribution in [-0.2, 0) is 6.54 Å². The molecule has 5 nitrogen and oxygen atoms in total. The molecule has 0 fully saturated rings. The van der Waals surface area contributed by atoms with Crippen molar-refractivity contribution in [1.82, 2.24) is 5.32 Å². The number of hydrogen-bond acceptors (Lipinski definition) is 5. The average Bonchev–Trinajstić information content (AvgIpc) is 2.87. The Hall–Kier alpha value is -3.60. The van der Waals surface area contributed by atoms with Gasteiger partial charge in [-0.05, 0) is 35.2 Å². The molecule has 2 aliphatic rings. The summed E-state index contributed by atoms with van der Waals surface area (Å²) in [5.41, 5.74) is 6.20. The summed E-state index contributed by atoms with van der Waals surface area (Å²) in [6, 6.07) is 25.4. The standard InChI is InChI=1S/C27H27N3O2/c1-31-24-13-12-18(14-25(24)32-2)16-28-27-29-17-20-15-23(19-8-4-3-5-9-19)21-10-6-7-11-22(21)26(20)30-27/h3-14,20,23H,15-17H2,1-2H3,(H,28,29). The predicted octanol–water partition coefficient (Wildman–Crippen LogP) is 4.80. The van der Waals surface area contributed by atoms with Crippen molar-refractivity contribution in [3.8, 4) is 11.5 Å². The Morgan fingerprint density at radius 1 is 0.906 bits per heavy atom. The lowest BCUT2D eigenvalue weighted by molar-refractivity contribution is 0.354. The van der Waals surface area contributed by atoms with Crippen LogP contribution >= 0.6 is 0 Å². The lowest BCUT2D eigenvalue weighted by atomic mass is 9.72. The minimum Gasteiger partial charge on any atom is -0.493 e. The van der Waals surface area contributed by atoms with E-state index in [0.717, 1.165) is 35.7 Å². The summed E-state index contributed by atoms with van der Waals surface area (Å²) >= 11 is 0. The van der Waals surface area contributed by atoms with E-state index in [1.165, 1.54) is 16.7 Å². The Labute approximate surface area is 188 Å². The maximum absolute atomic E-state index is 5.41. The van der Waals surface area contributed by atoms with Gasteiger partial charge in [-0.3, -0.25) is 4.99 Å². The van der Waals surface area contributed by atoms with Crippen LogP contribution in [0, 0.1) is 5.92 Å². The number of fused-ring (bicyclic) bond motifs is 3. The van der Waals surface area contributed by atoms with E-state index in [4.69, 9.17) is 19.5 Å². The molecule has 0 aromatic heterocycles.